The largest absolute Gasteiger partial charge is 0.381 e. The van der Waals surface area contributed by atoms with E-state index in [2.05, 4.69) is 11.8 Å². The van der Waals surface area contributed by atoms with Crippen LogP contribution in [0, 0.1) is 5.92 Å². The average Bonchev–Trinajstić information content (AvgIpc) is 2.70. The summed E-state index contributed by atoms with van der Waals surface area (Å²) in [5.74, 6) is 0.805. The number of nitrogens with two attached hydrogens (primary N) is 1. The highest BCUT2D eigenvalue weighted by Crippen LogP contribution is 2.21. The van der Waals surface area contributed by atoms with Crippen molar-refractivity contribution in [2.75, 3.05) is 32.8 Å². The highest BCUT2D eigenvalue weighted by atomic mass is 16.5. The summed E-state index contributed by atoms with van der Waals surface area (Å²) in [7, 11) is 0. The maximum Gasteiger partial charge on any atom is 0.0495 e. The lowest BCUT2D eigenvalue weighted by atomic mass is 10.0. The first kappa shape index (κ1) is 10.4. The predicted molar refractivity (Wildman–Crippen MR) is 57.2 cm³/mol. The van der Waals surface area contributed by atoms with E-state index < -0.39 is 0 Å². The van der Waals surface area contributed by atoms with Crippen LogP contribution in [-0.4, -0.2) is 43.3 Å². The van der Waals surface area contributed by atoms with E-state index >= 15 is 0 Å². The summed E-state index contributed by atoms with van der Waals surface area (Å²) < 4.78 is 5.37. The molecule has 2 fully saturated rings. The molecule has 2 saturated heterocycles. The van der Waals surface area contributed by atoms with Gasteiger partial charge in [-0.05, 0) is 45.2 Å². The van der Waals surface area contributed by atoms with Gasteiger partial charge < -0.3 is 15.4 Å². The van der Waals surface area contributed by atoms with Gasteiger partial charge in [-0.25, -0.2) is 0 Å². The minimum Gasteiger partial charge on any atom is -0.381 e. The first-order valence-corrected chi connectivity index (χ1v) is 5.75. The molecule has 0 aromatic carbocycles. The van der Waals surface area contributed by atoms with E-state index in [1.807, 2.05) is 0 Å². The van der Waals surface area contributed by atoms with E-state index in [0.29, 0.717) is 0 Å². The molecule has 2 heterocycles. The average molecular weight is 198 g/mol. The number of hydrogen-bond donors (Lipinski definition) is 1. The summed E-state index contributed by atoms with van der Waals surface area (Å²) in [6, 6.07) is 0. The Bertz CT molecular complexity index is 188. The Balaban J connectivity index is 1.66. The second-order valence-corrected chi connectivity index (χ2v) is 5.20. The Labute approximate surface area is 86.6 Å². The van der Waals surface area contributed by atoms with Gasteiger partial charge in [0.2, 0.25) is 0 Å². The monoisotopic (exact) mass is 198 g/mol. The van der Waals surface area contributed by atoms with Crippen LogP contribution in [0.15, 0.2) is 0 Å². The standard InChI is InChI=1S/C11H22N2O/c1-11(12)4-6-13(9-11)5-2-10-3-7-14-8-10/h10H,2-9,12H2,1H3. The third kappa shape index (κ3) is 2.69. The summed E-state index contributed by atoms with van der Waals surface area (Å²) in [5.41, 5.74) is 6.15. The molecule has 2 N–H and O–H groups in total. The SMILES string of the molecule is CC1(N)CCN(CCC2CCOC2)C1. The Morgan fingerprint density at radius 2 is 2.43 bits per heavy atom. The van der Waals surface area contributed by atoms with Crippen LogP contribution in [0.5, 0.6) is 0 Å². The van der Waals surface area contributed by atoms with Gasteiger partial charge in [-0.1, -0.05) is 0 Å². The maximum absolute atomic E-state index is 6.09. The number of likely N-dealkylation sites (tertiary alicyclic amines) is 1. The van der Waals surface area contributed by atoms with Crippen molar-refractivity contribution >= 4 is 0 Å². The molecule has 2 aliphatic rings. The molecule has 0 saturated carbocycles. The number of nitrogens with zero attached hydrogens (tertiary/aromatic N) is 1. The summed E-state index contributed by atoms with van der Waals surface area (Å²) in [5, 5.41) is 0. The van der Waals surface area contributed by atoms with Gasteiger partial charge >= 0.3 is 0 Å². The third-order valence-corrected chi connectivity index (χ3v) is 3.46. The fourth-order valence-electron chi connectivity index (χ4n) is 2.45. The first-order chi connectivity index (χ1) is 6.66. The highest BCUT2D eigenvalue weighted by molar-refractivity contribution is 4.90. The summed E-state index contributed by atoms with van der Waals surface area (Å²) in [4.78, 5) is 2.50. The van der Waals surface area contributed by atoms with Crippen LogP contribution in [-0.2, 0) is 4.74 Å². The van der Waals surface area contributed by atoms with Gasteiger partial charge in [-0.2, -0.15) is 0 Å². The molecule has 82 valence electrons. The molecular formula is C11H22N2O. The molecule has 0 amide bonds. The van der Waals surface area contributed by atoms with Gasteiger partial charge in [-0.3, -0.25) is 0 Å². The van der Waals surface area contributed by atoms with E-state index in [1.54, 1.807) is 0 Å². The van der Waals surface area contributed by atoms with E-state index in [9.17, 15) is 0 Å². The Morgan fingerprint density at radius 3 is 3.00 bits per heavy atom. The summed E-state index contributed by atoms with van der Waals surface area (Å²) in [6.07, 6.45) is 3.69. The lowest BCUT2D eigenvalue weighted by molar-refractivity contribution is 0.180. The highest BCUT2D eigenvalue weighted by Gasteiger charge is 2.29. The van der Waals surface area contributed by atoms with Gasteiger partial charge in [0.25, 0.3) is 0 Å². The molecule has 0 spiro atoms. The topological polar surface area (TPSA) is 38.5 Å². The zero-order valence-electron chi connectivity index (χ0n) is 9.17. The fraction of sp³-hybridized carbons (Fsp3) is 1.00. The van der Waals surface area contributed by atoms with Crippen LogP contribution in [0.4, 0.5) is 0 Å². The van der Waals surface area contributed by atoms with Crippen molar-refractivity contribution in [2.24, 2.45) is 11.7 Å². The second-order valence-electron chi connectivity index (χ2n) is 5.20. The van der Waals surface area contributed by atoms with E-state index in [4.69, 9.17) is 10.5 Å². The van der Waals surface area contributed by atoms with Gasteiger partial charge in [0.15, 0.2) is 0 Å². The molecule has 0 aromatic heterocycles. The molecule has 2 unspecified atom stereocenters. The molecule has 0 radical (unpaired) electrons. The minimum atomic E-state index is 0.0617. The second kappa shape index (κ2) is 4.17. The van der Waals surface area contributed by atoms with Gasteiger partial charge in [0, 0.05) is 25.3 Å². The molecule has 2 aliphatic heterocycles. The Kier molecular flexibility index (Phi) is 3.10. The fourth-order valence-corrected chi connectivity index (χ4v) is 2.45. The quantitative estimate of drug-likeness (QED) is 0.730. The van der Waals surface area contributed by atoms with Crippen LogP contribution in [0.2, 0.25) is 0 Å². The van der Waals surface area contributed by atoms with Crippen LogP contribution in [0.1, 0.15) is 26.2 Å². The van der Waals surface area contributed by atoms with Crippen molar-refractivity contribution in [3.05, 3.63) is 0 Å². The molecule has 14 heavy (non-hydrogen) atoms. The van der Waals surface area contributed by atoms with E-state index in [0.717, 1.165) is 32.1 Å². The van der Waals surface area contributed by atoms with Crippen molar-refractivity contribution in [1.82, 2.24) is 4.90 Å². The zero-order valence-corrected chi connectivity index (χ0v) is 9.17. The maximum atomic E-state index is 6.09. The minimum absolute atomic E-state index is 0.0617. The molecule has 0 bridgehead atoms. The Morgan fingerprint density at radius 1 is 1.57 bits per heavy atom. The number of hydrogen-bond acceptors (Lipinski definition) is 3. The zero-order chi connectivity index (χ0) is 10.0. The van der Waals surface area contributed by atoms with Crippen molar-refractivity contribution in [3.63, 3.8) is 0 Å². The lowest BCUT2D eigenvalue weighted by Crippen LogP contribution is -2.39. The van der Waals surface area contributed by atoms with Gasteiger partial charge in [0.05, 0.1) is 0 Å². The molecule has 0 aliphatic carbocycles. The number of ether oxygens (including phenoxy) is 1. The van der Waals surface area contributed by atoms with Gasteiger partial charge in [0.1, 0.15) is 0 Å². The molecule has 0 aromatic rings. The first-order valence-electron chi connectivity index (χ1n) is 5.75. The normalized spacial score (nSPS) is 39.4. The molecule has 2 atom stereocenters. The molecule has 3 nitrogen and oxygen atoms in total. The molecule has 2 rings (SSSR count). The molecular weight excluding hydrogens is 176 g/mol. The summed E-state index contributed by atoms with van der Waals surface area (Å²) >= 11 is 0. The third-order valence-electron chi connectivity index (χ3n) is 3.46. The van der Waals surface area contributed by atoms with Crippen molar-refractivity contribution in [1.29, 1.82) is 0 Å². The smallest absolute Gasteiger partial charge is 0.0495 e. The van der Waals surface area contributed by atoms with Crippen molar-refractivity contribution in [2.45, 2.75) is 31.7 Å². The van der Waals surface area contributed by atoms with E-state index in [1.165, 1.54) is 25.9 Å². The Hall–Kier alpha value is -0.120. The van der Waals surface area contributed by atoms with Crippen molar-refractivity contribution in [3.8, 4) is 0 Å². The van der Waals surface area contributed by atoms with E-state index in [-0.39, 0.29) is 5.54 Å². The summed E-state index contributed by atoms with van der Waals surface area (Å²) in [6.45, 7) is 7.57. The van der Waals surface area contributed by atoms with Gasteiger partial charge in [-0.15, -0.1) is 0 Å². The lowest BCUT2D eigenvalue weighted by Gasteiger charge is -2.20. The molecule has 3 heteroatoms. The number of rotatable bonds is 3. The van der Waals surface area contributed by atoms with Crippen LogP contribution in [0.25, 0.3) is 0 Å². The predicted octanol–water partition coefficient (Wildman–Crippen LogP) is 0.836. The van der Waals surface area contributed by atoms with Crippen LogP contribution in [0.3, 0.4) is 0 Å². The van der Waals surface area contributed by atoms with Crippen molar-refractivity contribution < 1.29 is 4.74 Å². The van der Waals surface area contributed by atoms with Crippen LogP contribution >= 0.6 is 0 Å². The van der Waals surface area contributed by atoms with Crippen LogP contribution < -0.4 is 5.73 Å².